The Hall–Kier alpha value is -0.760. The fourth-order valence-corrected chi connectivity index (χ4v) is 2.40. The molecule has 16 heavy (non-hydrogen) atoms. The van der Waals surface area contributed by atoms with Gasteiger partial charge in [-0.1, -0.05) is 29.8 Å². The van der Waals surface area contributed by atoms with E-state index in [1.54, 1.807) is 0 Å². The molecule has 0 saturated carbocycles. The Bertz CT molecular complexity index is 444. The van der Waals surface area contributed by atoms with Gasteiger partial charge in [-0.15, -0.1) is 0 Å². The van der Waals surface area contributed by atoms with Gasteiger partial charge in [0.1, 0.15) is 11.4 Å². The predicted molar refractivity (Wildman–Crippen MR) is 71.7 cm³/mol. The minimum atomic E-state index is -0.215. The van der Waals surface area contributed by atoms with Gasteiger partial charge in [0.05, 0.1) is 0 Å². The van der Waals surface area contributed by atoms with Gasteiger partial charge in [0.2, 0.25) is 0 Å². The second-order valence-corrected chi connectivity index (χ2v) is 6.02. The van der Waals surface area contributed by atoms with Gasteiger partial charge in [-0.2, -0.15) is 0 Å². The Morgan fingerprint density at radius 1 is 1.25 bits per heavy atom. The lowest BCUT2D eigenvalue weighted by atomic mass is 9.88. The maximum absolute atomic E-state index is 5.97. The Morgan fingerprint density at radius 3 is 2.56 bits per heavy atom. The van der Waals surface area contributed by atoms with Crippen LogP contribution in [-0.2, 0) is 0 Å². The van der Waals surface area contributed by atoms with Crippen molar-refractivity contribution in [3.05, 3.63) is 34.3 Å². The number of ether oxygens (including phenoxy) is 1. The molecule has 1 aliphatic heterocycles. The standard InChI is InChI=1S/C14H17BrO/c1-9(2)12-8-14(3,4)16-13-7-10(15)5-6-11(12)13/h5-9H,1-4H3. The van der Waals surface area contributed by atoms with Crippen molar-refractivity contribution in [3.63, 3.8) is 0 Å². The normalized spacial score (nSPS) is 17.8. The quantitative estimate of drug-likeness (QED) is 0.727. The molecule has 0 bridgehead atoms. The fourth-order valence-electron chi connectivity index (χ4n) is 2.06. The largest absolute Gasteiger partial charge is 0.483 e. The van der Waals surface area contributed by atoms with Crippen LogP contribution in [0, 0.1) is 5.92 Å². The molecule has 0 spiro atoms. The predicted octanol–water partition coefficient (Wildman–Crippen LogP) is 4.66. The zero-order chi connectivity index (χ0) is 11.9. The summed E-state index contributed by atoms with van der Waals surface area (Å²) in [5.74, 6) is 1.49. The minimum absolute atomic E-state index is 0.215. The number of halogens is 1. The minimum Gasteiger partial charge on any atom is -0.483 e. The molecule has 1 heterocycles. The van der Waals surface area contributed by atoms with Crippen LogP contribution in [0.5, 0.6) is 5.75 Å². The van der Waals surface area contributed by atoms with Gasteiger partial charge in [0.25, 0.3) is 0 Å². The van der Waals surface area contributed by atoms with E-state index in [4.69, 9.17) is 4.74 Å². The van der Waals surface area contributed by atoms with Crippen molar-refractivity contribution in [1.29, 1.82) is 0 Å². The van der Waals surface area contributed by atoms with Crippen LogP contribution in [0.25, 0.3) is 5.57 Å². The average Bonchev–Trinajstić information content (AvgIpc) is 2.14. The smallest absolute Gasteiger partial charge is 0.129 e. The fraction of sp³-hybridized carbons (Fsp3) is 0.429. The van der Waals surface area contributed by atoms with Crippen LogP contribution in [0.3, 0.4) is 0 Å². The molecule has 0 aliphatic carbocycles. The summed E-state index contributed by atoms with van der Waals surface area (Å²) >= 11 is 3.49. The summed E-state index contributed by atoms with van der Waals surface area (Å²) < 4.78 is 7.04. The number of fused-ring (bicyclic) bond motifs is 1. The SMILES string of the molecule is CC(C)C1=CC(C)(C)Oc2cc(Br)ccc21. The molecule has 1 nitrogen and oxygen atoms in total. The summed E-state index contributed by atoms with van der Waals surface area (Å²) in [6, 6.07) is 6.24. The molecule has 0 unspecified atom stereocenters. The van der Waals surface area contributed by atoms with E-state index in [0.29, 0.717) is 5.92 Å². The van der Waals surface area contributed by atoms with Crippen molar-refractivity contribution >= 4 is 21.5 Å². The second-order valence-electron chi connectivity index (χ2n) is 5.10. The molecular weight excluding hydrogens is 264 g/mol. The van der Waals surface area contributed by atoms with Crippen molar-refractivity contribution in [2.75, 3.05) is 0 Å². The number of hydrogen-bond donors (Lipinski definition) is 0. The lowest BCUT2D eigenvalue weighted by Gasteiger charge is -2.32. The summed E-state index contributed by atoms with van der Waals surface area (Å²) in [4.78, 5) is 0. The van der Waals surface area contributed by atoms with Crippen LogP contribution in [-0.4, -0.2) is 5.60 Å². The topological polar surface area (TPSA) is 9.23 Å². The van der Waals surface area contributed by atoms with Gasteiger partial charge in [-0.05, 0) is 49.6 Å². The van der Waals surface area contributed by atoms with Gasteiger partial charge in [-0.25, -0.2) is 0 Å². The van der Waals surface area contributed by atoms with Gasteiger partial charge in [0, 0.05) is 10.0 Å². The number of hydrogen-bond acceptors (Lipinski definition) is 1. The van der Waals surface area contributed by atoms with Crippen LogP contribution in [0.1, 0.15) is 33.3 Å². The maximum atomic E-state index is 5.97. The lowest BCUT2D eigenvalue weighted by molar-refractivity contribution is 0.157. The molecule has 1 aliphatic rings. The molecule has 0 atom stereocenters. The summed E-state index contributed by atoms with van der Waals surface area (Å²) in [6.07, 6.45) is 2.23. The van der Waals surface area contributed by atoms with Crippen LogP contribution in [0.15, 0.2) is 28.7 Å². The van der Waals surface area contributed by atoms with E-state index in [1.807, 2.05) is 6.07 Å². The van der Waals surface area contributed by atoms with E-state index in [0.717, 1.165) is 10.2 Å². The third-order valence-corrected chi connectivity index (χ3v) is 3.25. The van der Waals surface area contributed by atoms with Crippen molar-refractivity contribution < 1.29 is 4.74 Å². The third-order valence-electron chi connectivity index (χ3n) is 2.75. The highest BCUT2D eigenvalue weighted by Gasteiger charge is 2.27. The molecular formula is C14H17BrO. The highest BCUT2D eigenvalue weighted by Crippen LogP contribution is 2.40. The molecule has 0 amide bonds. The first kappa shape index (κ1) is 11.7. The molecule has 0 aromatic heterocycles. The zero-order valence-corrected chi connectivity index (χ0v) is 11.8. The molecule has 2 rings (SSSR count). The van der Waals surface area contributed by atoms with Crippen LogP contribution in [0.4, 0.5) is 0 Å². The van der Waals surface area contributed by atoms with Crippen molar-refractivity contribution in [2.24, 2.45) is 5.92 Å². The van der Waals surface area contributed by atoms with E-state index in [1.165, 1.54) is 11.1 Å². The molecule has 2 heteroatoms. The molecule has 1 aromatic rings. The molecule has 0 radical (unpaired) electrons. The third kappa shape index (κ3) is 2.17. The van der Waals surface area contributed by atoms with Gasteiger partial charge >= 0.3 is 0 Å². The van der Waals surface area contributed by atoms with Gasteiger partial charge < -0.3 is 4.74 Å². The van der Waals surface area contributed by atoms with E-state index in [9.17, 15) is 0 Å². The second kappa shape index (κ2) is 3.92. The summed E-state index contributed by atoms with van der Waals surface area (Å²) in [5.41, 5.74) is 2.38. The van der Waals surface area contributed by atoms with Crippen LogP contribution < -0.4 is 4.74 Å². The zero-order valence-electron chi connectivity index (χ0n) is 10.2. The lowest BCUT2D eigenvalue weighted by Crippen LogP contribution is -2.29. The number of benzene rings is 1. The number of allylic oxidation sites excluding steroid dienone is 1. The Labute approximate surface area is 106 Å². The van der Waals surface area contributed by atoms with Crippen molar-refractivity contribution in [3.8, 4) is 5.75 Å². The molecule has 1 aromatic carbocycles. The van der Waals surface area contributed by atoms with Crippen LogP contribution >= 0.6 is 15.9 Å². The highest BCUT2D eigenvalue weighted by molar-refractivity contribution is 9.10. The Morgan fingerprint density at radius 2 is 1.94 bits per heavy atom. The van der Waals surface area contributed by atoms with Crippen molar-refractivity contribution in [1.82, 2.24) is 0 Å². The van der Waals surface area contributed by atoms with Crippen molar-refractivity contribution in [2.45, 2.75) is 33.3 Å². The maximum Gasteiger partial charge on any atom is 0.129 e. The first-order chi connectivity index (χ1) is 7.39. The van der Waals surface area contributed by atoms with Gasteiger partial charge in [-0.3, -0.25) is 0 Å². The molecule has 0 N–H and O–H groups in total. The molecule has 0 saturated heterocycles. The number of rotatable bonds is 1. The summed E-state index contributed by atoms with van der Waals surface area (Å²) in [6.45, 7) is 8.64. The monoisotopic (exact) mass is 280 g/mol. The first-order valence-electron chi connectivity index (χ1n) is 5.61. The highest BCUT2D eigenvalue weighted by atomic mass is 79.9. The van der Waals surface area contributed by atoms with E-state index in [2.05, 4.69) is 61.8 Å². The average molecular weight is 281 g/mol. The summed E-state index contributed by atoms with van der Waals surface area (Å²) in [7, 11) is 0. The molecule has 0 fully saturated rings. The Kier molecular flexibility index (Phi) is 2.87. The van der Waals surface area contributed by atoms with Gasteiger partial charge in [0.15, 0.2) is 0 Å². The van der Waals surface area contributed by atoms with E-state index < -0.39 is 0 Å². The summed E-state index contributed by atoms with van der Waals surface area (Å²) in [5, 5.41) is 0. The first-order valence-corrected chi connectivity index (χ1v) is 6.40. The Balaban J connectivity index is 2.57. The van der Waals surface area contributed by atoms with Crippen LogP contribution in [0.2, 0.25) is 0 Å². The van der Waals surface area contributed by atoms with E-state index in [-0.39, 0.29) is 5.60 Å². The molecule has 86 valence electrons. The van der Waals surface area contributed by atoms with E-state index >= 15 is 0 Å².